The number of benzene rings is 2. The molecule has 0 unspecified atom stereocenters. The van der Waals surface area contributed by atoms with Crippen molar-refractivity contribution in [3.63, 3.8) is 0 Å². The third-order valence-electron chi connectivity index (χ3n) is 4.24. The van der Waals surface area contributed by atoms with Crippen LogP contribution >= 0.6 is 0 Å². The van der Waals surface area contributed by atoms with Crippen molar-refractivity contribution in [2.75, 3.05) is 11.9 Å². The number of anilines is 1. The molecule has 1 atom stereocenters. The lowest BCUT2D eigenvalue weighted by atomic mass is 9.96. The summed E-state index contributed by atoms with van der Waals surface area (Å²) in [4.78, 5) is 25.6. The van der Waals surface area contributed by atoms with Crippen LogP contribution in [0.3, 0.4) is 0 Å². The van der Waals surface area contributed by atoms with Crippen molar-refractivity contribution in [3.8, 4) is 0 Å². The molecule has 5 nitrogen and oxygen atoms in total. The Bertz CT molecular complexity index is 758. The van der Waals surface area contributed by atoms with Gasteiger partial charge in [-0.2, -0.15) is 0 Å². The van der Waals surface area contributed by atoms with E-state index in [-0.39, 0.29) is 11.8 Å². The average Bonchev–Trinajstić information content (AvgIpc) is 2.60. The van der Waals surface area contributed by atoms with E-state index < -0.39 is 6.10 Å². The Labute approximate surface area is 140 Å². The maximum Gasteiger partial charge on any atom is 0.256 e. The molecule has 3 rings (SSSR count). The van der Waals surface area contributed by atoms with Gasteiger partial charge in [-0.1, -0.05) is 42.5 Å². The summed E-state index contributed by atoms with van der Waals surface area (Å²) in [6.07, 6.45) is -0.495. The van der Waals surface area contributed by atoms with Crippen LogP contribution in [0.4, 0.5) is 5.69 Å². The number of carbonyl (C=O) groups is 2. The van der Waals surface area contributed by atoms with Crippen LogP contribution in [0.1, 0.15) is 29.7 Å². The van der Waals surface area contributed by atoms with E-state index in [1.165, 1.54) is 6.92 Å². The first-order valence-corrected chi connectivity index (χ1v) is 7.96. The van der Waals surface area contributed by atoms with Gasteiger partial charge in [-0.3, -0.25) is 9.59 Å². The Balaban J connectivity index is 1.78. The summed E-state index contributed by atoms with van der Waals surface area (Å²) >= 11 is 0. The number of carbonyl (C=O) groups excluding carboxylic acids is 2. The summed E-state index contributed by atoms with van der Waals surface area (Å²) in [7, 11) is 0. The zero-order valence-corrected chi connectivity index (χ0v) is 13.5. The number of fused-ring (bicyclic) bond motifs is 1. The van der Waals surface area contributed by atoms with Crippen LogP contribution in [0.15, 0.2) is 48.5 Å². The summed E-state index contributed by atoms with van der Waals surface area (Å²) in [6, 6.07) is 14.6. The van der Waals surface area contributed by atoms with Gasteiger partial charge in [0.25, 0.3) is 5.91 Å². The molecule has 2 N–H and O–H groups in total. The first kappa shape index (κ1) is 16.2. The van der Waals surface area contributed by atoms with Crippen molar-refractivity contribution in [1.29, 1.82) is 0 Å². The Morgan fingerprint density at radius 1 is 1.12 bits per heavy atom. The van der Waals surface area contributed by atoms with Crippen LogP contribution in [0.5, 0.6) is 0 Å². The third kappa shape index (κ3) is 3.31. The first-order valence-electron chi connectivity index (χ1n) is 7.96. The fourth-order valence-electron chi connectivity index (χ4n) is 3.06. The number of nitrogens with zero attached hydrogens (tertiary/aromatic N) is 1. The van der Waals surface area contributed by atoms with Crippen molar-refractivity contribution in [2.45, 2.75) is 26.0 Å². The van der Waals surface area contributed by atoms with E-state index in [0.29, 0.717) is 25.1 Å². The highest BCUT2D eigenvalue weighted by molar-refractivity contribution is 5.90. The fraction of sp³-hybridized carbons (Fsp3) is 0.263. The molecule has 0 fully saturated rings. The molecule has 0 radical (unpaired) electrons. The quantitative estimate of drug-likeness (QED) is 0.910. The summed E-state index contributed by atoms with van der Waals surface area (Å²) < 4.78 is 0. The number of aliphatic hydroxyl groups excluding tert-OH is 1. The topological polar surface area (TPSA) is 69.6 Å². The molecule has 1 heterocycles. The van der Waals surface area contributed by atoms with E-state index in [9.17, 15) is 14.7 Å². The Morgan fingerprint density at radius 2 is 1.88 bits per heavy atom. The minimum absolute atomic E-state index is 0.110. The number of hydrogen-bond donors (Lipinski definition) is 2. The van der Waals surface area contributed by atoms with E-state index in [4.69, 9.17) is 0 Å². The fourth-order valence-corrected chi connectivity index (χ4v) is 3.06. The second-order valence-corrected chi connectivity index (χ2v) is 5.95. The van der Waals surface area contributed by atoms with Crippen molar-refractivity contribution < 1.29 is 14.7 Å². The van der Waals surface area contributed by atoms with E-state index in [2.05, 4.69) is 5.32 Å². The lowest BCUT2D eigenvalue weighted by Gasteiger charge is -2.31. The molecular weight excluding hydrogens is 304 g/mol. The summed E-state index contributed by atoms with van der Waals surface area (Å²) in [6.45, 7) is 2.44. The first-order chi connectivity index (χ1) is 11.6. The molecule has 5 heteroatoms. The van der Waals surface area contributed by atoms with Gasteiger partial charge in [-0.15, -0.1) is 0 Å². The van der Waals surface area contributed by atoms with Crippen LogP contribution in [-0.4, -0.2) is 28.4 Å². The van der Waals surface area contributed by atoms with E-state index in [1.54, 1.807) is 29.2 Å². The zero-order valence-electron chi connectivity index (χ0n) is 13.5. The van der Waals surface area contributed by atoms with Crippen LogP contribution in [0, 0.1) is 0 Å². The van der Waals surface area contributed by atoms with Gasteiger partial charge in [-0.25, -0.2) is 0 Å². The number of aliphatic hydroxyl groups is 1. The van der Waals surface area contributed by atoms with Gasteiger partial charge in [-0.05, 0) is 29.2 Å². The molecule has 2 aromatic carbocycles. The monoisotopic (exact) mass is 324 g/mol. The maximum atomic E-state index is 12.6. The van der Waals surface area contributed by atoms with Gasteiger partial charge in [0.15, 0.2) is 6.10 Å². The Kier molecular flexibility index (Phi) is 4.62. The van der Waals surface area contributed by atoms with Gasteiger partial charge in [0.1, 0.15) is 0 Å². The lowest BCUT2D eigenvalue weighted by Crippen LogP contribution is -2.39. The highest BCUT2D eigenvalue weighted by atomic mass is 16.3. The van der Waals surface area contributed by atoms with E-state index >= 15 is 0 Å². The molecule has 0 saturated carbocycles. The predicted octanol–water partition coefficient (Wildman–Crippen LogP) is 2.26. The molecule has 24 heavy (non-hydrogen) atoms. The summed E-state index contributed by atoms with van der Waals surface area (Å²) in [5.41, 5.74) is 3.46. The van der Waals surface area contributed by atoms with Gasteiger partial charge in [0.05, 0.1) is 0 Å². The molecule has 0 saturated heterocycles. The van der Waals surface area contributed by atoms with Gasteiger partial charge < -0.3 is 15.3 Å². The molecule has 124 valence electrons. The molecule has 1 aliphatic rings. The number of nitrogens with one attached hydrogen (secondary N) is 1. The summed E-state index contributed by atoms with van der Waals surface area (Å²) in [5.74, 6) is -0.404. The summed E-state index contributed by atoms with van der Waals surface area (Å²) in [5, 5.41) is 13.1. The SMILES string of the molecule is CC(=O)Nc1cccc2c1CCN(C(=O)[C@@H](O)c1ccccc1)C2. The van der Waals surface area contributed by atoms with Crippen LogP contribution in [-0.2, 0) is 22.6 Å². The van der Waals surface area contributed by atoms with Gasteiger partial charge in [0.2, 0.25) is 5.91 Å². The average molecular weight is 324 g/mol. The van der Waals surface area contributed by atoms with Crippen molar-refractivity contribution in [1.82, 2.24) is 4.90 Å². The minimum Gasteiger partial charge on any atom is -0.378 e. The smallest absolute Gasteiger partial charge is 0.256 e. The number of rotatable bonds is 3. The van der Waals surface area contributed by atoms with Crippen molar-refractivity contribution in [3.05, 3.63) is 65.2 Å². The van der Waals surface area contributed by atoms with E-state index in [0.717, 1.165) is 16.8 Å². The lowest BCUT2D eigenvalue weighted by molar-refractivity contribution is -0.141. The largest absolute Gasteiger partial charge is 0.378 e. The van der Waals surface area contributed by atoms with Crippen LogP contribution < -0.4 is 5.32 Å². The second-order valence-electron chi connectivity index (χ2n) is 5.95. The molecule has 0 aliphatic carbocycles. The Hall–Kier alpha value is -2.66. The van der Waals surface area contributed by atoms with Crippen molar-refractivity contribution in [2.24, 2.45) is 0 Å². The van der Waals surface area contributed by atoms with Gasteiger partial charge in [0, 0.05) is 25.7 Å². The second kappa shape index (κ2) is 6.84. The van der Waals surface area contributed by atoms with Crippen LogP contribution in [0.2, 0.25) is 0 Å². The Morgan fingerprint density at radius 3 is 2.58 bits per heavy atom. The van der Waals surface area contributed by atoms with Crippen LogP contribution in [0.25, 0.3) is 0 Å². The molecule has 2 amide bonds. The third-order valence-corrected chi connectivity index (χ3v) is 4.24. The molecule has 0 bridgehead atoms. The number of hydrogen-bond acceptors (Lipinski definition) is 3. The standard InChI is InChI=1S/C19H20N2O3/c1-13(22)20-17-9-5-8-15-12-21(11-10-16(15)17)19(24)18(23)14-6-3-2-4-7-14/h2-9,18,23H,10-12H2,1H3,(H,20,22)/t18-/m0/s1. The molecule has 0 spiro atoms. The molecule has 0 aromatic heterocycles. The molecule has 1 aliphatic heterocycles. The van der Waals surface area contributed by atoms with E-state index in [1.807, 2.05) is 24.3 Å². The van der Waals surface area contributed by atoms with Gasteiger partial charge >= 0.3 is 0 Å². The highest BCUT2D eigenvalue weighted by Gasteiger charge is 2.27. The highest BCUT2D eigenvalue weighted by Crippen LogP contribution is 2.28. The predicted molar refractivity (Wildman–Crippen MR) is 91.3 cm³/mol. The minimum atomic E-state index is -1.15. The maximum absolute atomic E-state index is 12.6. The van der Waals surface area contributed by atoms with Crippen molar-refractivity contribution >= 4 is 17.5 Å². The zero-order chi connectivity index (χ0) is 17.1. The normalized spacial score (nSPS) is 14.7. The number of amides is 2. The molecular formula is C19H20N2O3. The molecule has 2 aromatic rings.